The van der Waals surface area contributed by atoms with Crippen molar-refractivity contribution in [2.75, 3.05) is 6.61 Å². The van der Waals surface area contributed by atoms with Gasteiger partial charge in [0, 0.05) is 18.4 Å². The van der Waals surface area contributed by atoms with E-state index in [9.17, 15) is 9.59 Å². The van der Waals surface area contributed by atoms with Crippen LogP contribution in [0.25, 0.3) is 0 Å². The predicted octanol–water partition coefficient (Wildman–Crippen LogP) is 1.33. The average Bonchev–Trinajstić information content (AvgIpc) is 2.48. The molecule has 1 aliphatic rings. The Hall–Kier alpha value is -1.98. The van der Waals surface area contributed by atoms with Crippen LogP contribution >= 0.6 is 0 Å². The molecule has 108 valence electrons. The van der Waals surface area contributed by atoms with E-state index in [2.05, 4.69) is 22.2 Å². The standard InChI is InChI=1S/C14H19N3O3/c1-10-4-2-3-5-11(10)17-13(18)9-20-14(19)12-8-15-6-7-16-12/h6-8,10-11H,2-5,9H2,1H3,(H,17,18)/t10-,11-/m1/s1. The summed E-state index contributed by atoms with van der Waals surface area (Å²) in [7, 11) is 0. The third-order valence-corrected chi connectivity index (χ3v) is 3.56. The molecule has 0 radical (unpaired) electrons. The molecule has 1 N–H and O–H groups in total. The fourth-order valence-electron chi connectivity index (χ4n) is 2.39. The van der Waals surface area contributed by atoms with Crippen molar-refractivity contribution in [1.29, 1.82) is 0 Å². The lowest BCUT2D eigenvalue weighted by atomic mass is 9.86. The van der Waals surface area contributed by atoms with Crippen molar-refractivity contribution in [3.63, 3.8) is 0 Å². The molecule has 1 heterocycles. The van der Waals surface area contributed by atoms with Crippen LogP contribution in [0.3, 0.4) is 0 Å². The summed E-state index contributed by atoms with van der Waals surface area (Å²) in [5.74, 6) is -0.422. The maximum atomic E-state index is 11.8. The lowest BCUT2D eigenvalue weighted by molar-refractivity contribution is -0.125. The quantitative estimate of drug-likeness (QED) is 0.840. The van der Waals surface area contributed by atoms with Gasteiger partial charge in [-0.1, -0.05) is 19.8 Å². The largest absolute Gasteiger partial charge is 0.451 e. The van der Waals surface area contributed by atoms with E-state index >= 15 is 0 Å². The third-order valence-electron chi connectivity index (χ3n) is 3.56. The highest BCUT2D eigenvalue weighted by Crippen LogP contribution is 2.23. The second-order valence-corrected chi connectivity index (χ2v) is 5.10. The van der Waals surface area contributed by atoms with Gasteiger partial charge in [-0.25, -0.2) is 9.78 Å². The summed E-state index contributed by atoms with van der Waals surface area (Å²) in [5, 5.41) is 2.92. The molecule has 0 bridgehead atoms. The number of carbonyl (C=O) groups is 2. The van der Waals surface area contributed by atoms with E-state index in [1.807, 2.05) is 0 Å². The average molecular weight is 277 g/mol. The molecule has 0 spiro atoms. The zero-order valence-electron chi connectivity index (χ0n) is 11.5. The van der Waals surface area contributed by atoms with E-state index in [0.29, 0.717) is 5.92 Å². The molecule has 6 nitrogen and oxygen atoms in total. The Morgan fingerprint density at radius 1 is 1.35 bits per heavy atom. The fraction of sp³-hybridized carbons (Fsp3) is 0.571. The van der Waals surface area contributed by atoms with Crippen LogP contribution in [-0.2, 0) is 9.53 Å². The molecule has 0 aromatic carbocycles. The summed E-state index contributed by atoms with van der Waals surface area (Å²) in [6.45, 7) is 1.86. The highest BCUT2D eigenvalue weighted by Gasteiger charge is 2.23. The number of aromatic nitrogens is 2. The molecule has 1 aliphatic carbocycles. The van der Waals surface area contributed by atoms with Crippen molar-refractivity contribution < 1.29 is 14.3 Å². The van der Waals surface area contributed by atoms with Gasteiger partial charge < -0.3 is 10.1 Å². The highest BCUT2D eigenvalue weighted by molar-refractivity contribution is 5.89. The summed E-state index contributed by atoms with van der Waals surface area (Å²) in [6, 6.07) is 0.187. The van der Waals surface area contributed by atoms with Crippen LogP contribution in [0, 0.1) is 5.92 Å². The van der Waals surface area contributed by atoms with Crippen LogP contribution in [0.5, 0.6) is 0 Å². The van der Waals surface area contributed by atoms with Crippen LogP contribution in [-0.4, -0.2) is 34.5 Å². The minimum absolute atomic E-state index is 0.103. The van der Waals surface area contributed by atoms with Crippen molar-refractivity contribution >= 4 is 11.9 Å². The van der Waals surface area contributed by atoms with E-state index in [0.717, 1.165) is 19.3 Å². The van der Waals surface area contributed by atoms with E-state index in [-0.39, 0.29) is 24.2 Å². The van der Waals surface area contributed by atoms with E-state index in [1.54, 1.807) is 0 Å². The number of carbonyl (C=O) groups excluding carboxylic acids is 2. The second kappa shape index (κ2) is 6.98. The summed E-state index contributed by atoms with van der Waals surface area (Å²) in [5.41, 5.74) is 0.103. The Kier molecular flexibility index (Phi) is 5.03. The molecule has 0 saturated heterocycles. The normalized spacial score (nSPS) is 22.1. The molecule has 0 unspecified atom stereocenters. The first-order valence-electron chi connectivity index (χ1n) is 6.89. The smallest absolute Gasteiger partial charge is 0.359 e. The third kappa shape index (κ3) is 4.01. The Labute approximate surface area is 118 Å². The van der Waals surface area contributed by atoms with E-state index in [1.165, 1.54) is 25.0 Å². The van der Waals surface area contributed by atoms with Crippen LogP contribution in [0.4, 0.5) is 0 Å². The molecule has 1 amide bonds. The molecule has 20 heavy (non-hydrogen) atoms. The first kappa shape index (κ1) is 14.4. The minimum atomic E-state index is -0.634. The molecular weight excluding hydrogens is 258 g/mol. The van der Waals surface area contributed by atoms with Crippen LogP contribution in [0.2, 0.25) is 0 Å². The number of nitrogens with zero attached hydrogens (tertiary/aromatic N) is 2. The van der Waals surface area contributed by atoms with E-state index in [4.69, 9.17) is 4.74 Å². The maximum Gasteiger partial charge on any atom is 0.359 e. The molecule has 1 saturated carbocycles. The zero-order chi connectivity index (χ0) is 14.4. The Bertz CT molecular complexity index is 464. The Morgan fingerprint density at radius 3 is 2.85 bits per heavy atom. The summed E-state index contributed by atoms with van der Waals surface area (Å²) in [6.07, 6.45) is 8.65. The zero-order valence-corrected chi connectivity index (χ0v) is 11.5. The monoisotopic (exact) mass is 277 g/mol. The van der Waals surface area contributed by atoms with Gasteiger partial charge >= 0.3 is 5.97 Å². The molecule has 2 atom stereocenters. The van der Waals surface area contributed by atoms with Crippen LogP contribution < -0.4 is 5.32 Å². The SMILES string of the molecule is C[C@@H]1CCCC[C@H]1NC(=O)COC(=O)c1cnccn1. The van der Waals surface area contributed by atoms with Crippen LogP contribution in [0.1, 0.15) is 43.1 Å². The molecule has 6 heteroatoms. The number of nitrogens with one attached hydrogen (secondary N) is 1. The minimum Gasteiger partial charge on any atom is -0.451 e. The molecule has 2 rings (SSSR count). The predicted molar refractivity (Wildman–Crippen MR) is 71.9 cm³/mol. The van der Waals surface area contributed by atoms with Crippen molar-refractivity contribution in [3.8, 4) is 0 Å². The first-order chi connectivity index (χ1) is 9.66. The van der Waals surface area contributed by atoms with Gasteiger partial charge in [0.1, 0.15) is 0 Å². The molecule has 1 fully saturated rings. The molecule has 0 aliphatic heterocycles. The van der Waals surface area contributed by atoms with Gasteiger partial charge in [-0.15, -0.1) is 0 Å². The van der Waals surface area contributed by atoms with Crippen LogP contribution in [0.15, 0.2) is 18.6 Å². The van der Waals surface area contributed by atoms with Crippen molar-refractivity contribution in [1.82, 2.24) is 15.3 Å². The van der Waals surface area contributed by atoms with Gasteiger partial charge in [-0.2, -0.15) is 0 Å². The molecule has 1 aromatic heterocycles. The highest BCUT2D eigenvalue weighted by atomic mass is 16.5. The van der Waals surface area contributed by atoms with Gasteiger partial charge in [-0.05, 0) is 18.8 Å². The van der Waals surface area contributed by atoms with Gasteiger partial charge in [0.15, 0.2) is 12.3 Å². The topological polar surface area (TPSA) is 81.2 Å². The summed E-state index contributed by atoms with van der Waals surface area (Å²) < 4.78 is 4.91. The maximum absolute atomic E-state index is 11.8. The van der Waals surface area contributed by atoms with Gasteiger partial charge in [0.05, 0.1) is 6.20 Å². The number of amides is 1. The number of esters is 1. The number of hydrogen-bond donors (Lipinski definition) is 1. The van der Waals surface area contributed by atoms with E-state index < -0.39 is 5.97 Å². The van der Waals surface area contributed by atoms with Crippen molar-refractivity contribution in [2.24, 2.45) is 5.92 Å². The van der Waals surface area contributed by atoms with Gasteiger partial charge in [0.25, 0.3) is 5.91 Å². The number of hydrogen-bond acceptors (Lipinski definition) is 5. The first-order valence-corrected chi connectivity index (χ1v) is 6.89. The lowest BCUT2D eigenvalue weighted by Crippen LogP contribution is -2.42. The molecular formula is C14H19N3O3. The summed E-state index contributed by atoms with van der Waals surface area (Å²) >= 11 is 0. The summed E-state index contributed by atoms with van der Waals surface area (Å²) in [4.78, 5) is 31.0. The van der Waals surface area contributed by atoms with Gasteiger partial charge in [-0.3, -0.25) is 9.78 Å². The van der Waals surface area contributed by atoms with Crippen molar-refractivity contribution in [3.05, 3.63) is 24.3 Å². The fourth-order valence-corrected chi connectivity index (χ4v) is 2.39. The molecule has 1 aromatic rings. The van der Waals surface area contributed by atoms with Gasteiger partial charge in [0.2, 0.25) is 0 Å². The van der Waals surface area contributed by atoms with Crippen molar-refractivity contribution in [2.45, 2.75) is 38.6 Å². The Morgan fingerprint density at radius 2 is 2.15 bits per heavy atom. The second-order valence-electron chi connectivity index (χ2n) is 5.10. The number of ether oxygens (including phenoxy) is 1. The lowest BCUT2D eigenvalue weighted by Gasteiger charge is -2.29. The number of rotatable bonds is 4. The Balaban J connectivity index is 1.76.